The minimum atomic E-state index is -1.03. The highest BCUT2D eigenvalue weighted by Gasteiger charge is 2.24. The van der Waals surface area contributed by atoms with Crippen molar-refractivity contribution in [2.45, 2.75) is 127 Å². The second-order valence-corrected chi connectivity index (χ2v) is 14.4. The summed E-state index contributed by atoms with van der Waals surface area (Å²) in [7, 11) is 3.91. The van der Waals surface area contributed by atoms with Crippen molar-refractivity contribution in [2.24, 2.45) is 0 Å². The summed E-state index contributed by atoms with van der Waals surface area (Å²) in [6, 6.07) is -0.876. The molecule has 1 saturated heterocycles. The maximum absolute atomic E-state index is 12.7. The molecule has 1 fully saturated rings. The van der Waals surface area contributed by atoms with Gasteiger partial charge >= 0.3 is 5.97 Å². The lowest BCUT2D eigenvalue weighted by Crippen LogP contribution is -2.44. The van der Waals surface area contributed by atoms with Gasteiger partial charge in [-0.3, -0.25) is 9.59 Å². The number of amides is 2. The second-order valence-electron chi connectivity index (χ2n) is 11.6. The fraction of sp³-hybridized carbons (Fsp3) is 0.649. The zero-order valence-corrected chi connectivity index (χ0v) is 30.1. The summed E-state index contributed by atoms with van der Waals surface area (Å²) in [5.74, 6) is 0.357. The highest BCUT2D eigenvalue weighted by atomic mass is 33.1. The summed E-state index contributed by atoms with van der Waals surface area (Å²) in [5.41, 5.74) is 0. The number of nitrogens with one attached hydrogen (secondary N) is 2. The third-order valence-corrected chi connectivity index (χ3v) is 10.4. The number of aliphatic hydroxyl groups is 2. The van der Waals surface area contributed by atoms with Crippen molar-refractivity contribution in [3.8, 4) is 0 Å². The zero-order chi connectivity index (χ0) is 34.2. The zero-order valence-electron chi connectivity index (χ0n) is 28.5. The number of carbonyl (C=O) groups excluding carboxylic acids is 3. The van der Waals surface area contributed by atoms with Gasteiger partial charge < -0.3 is 25.6 Å². The molecule has 2 amide bonds. The number of esters is 1. The van der Waals surface area contributed by atoms with E-state index in [2.05, 4.69) is 78.3 Å². The van der Waals surface area contributed by atoms with Crippen molar-refractivity contribution < 1.29 is 29.3 Å². The molecule has 8 nitrogen and oxygen atoms in total. The van der Waals surface area contributed by atoms with Crippen LogP contribution in [0.3, 0.4) is 0 Å². The fourth-order valence-electron chi connectivity index (χ4n) is 4.65. The van der Waals surface area contributed by atoms with Gasteiger partial charge in [0.05, 0.1) is 13.2 Å². The van der Waals surface area contributed by atoms with E-state index in [-0.39, 0.29) is 18.2 Å². The molecule has 1 rings (SSSR count). The third kappa shape index (κ3) is 25.4. The van der Waals surface area contributed by atoms with Crippen LogP contribution in [-0.4, -0.2) is 70.9 Å². The van der Waals surface area contributed by atoms with Crippen molar-refractivity contribution in [3.63, 3.8) is 0 Å². The lowest BCUT2D eigenvalue weighted by atomic mass is 10.1. The van der Waals surface area contributed by atoms with Gasteiger partial charge in [0, 0.05) is 30.4 Å². The lowest BCUT2D eigenvalue weighted by Gasteiger charge is -2.20. The Kier molecular flexibility index (Phi) is 28.2. The van der Waals surface area contributed by atoms with Gasteiger partial charge in [0.15, 0.2) is 0 Å². The topological polar surface area (TPSA) is 125 Å². The molecule has 0 aromatic rings. The molecular weight excluding hydrogens is 633 g/mol. The van der Waals surface area contributed by atoms with Crippen LogP contribution in [0.2, 0.25) is 0 Å². The first kappa shape index (κ1) is 42.8. The molecule has 0 saturated carbocycles. The standard InChI is InChI=1S/C37H60N2O6S2/c1-2-3-4-5-6-7-8-9-10-11-12-13-14-15-16-17-18-26-36(43)39-34(37(44)45-32(30-40)31-41)24-21-22-28-38-35(42)25-20-19-23-33-27-29-46-47-33/h3-4,6-7,9-10,12-13,15-16,32-34,40-41H,2,5,8,11,14,17-31H2,1H3,(H,38,42)(H,39,43)/b4-3-,7-6-,10-9-,13-12-,16-15-/t33?,34-/m0/s1. The number of carbonyl (C=O) groups is 3. The Hall–Kier alpha value is -2.27. The van der Waals surface area contributed by atoms with Gasteiger partial charge in [-0.25, -0.2) is 4.79 Å². The Balaban J connectivity index is 2.26. The van der Waals surface area contributed by atoms with Gasteiger partial charge in [-0.15, -0.1) is 0 Å². The van der Waals surface area contributed by atoms with Gasteiger partial charge in [0.2, 0.25) is 11.8 Å². The minimum absolute atomic E-state index is 0.0453. The van der Waals surface area contributed by atoms with Gasteiger partial charge in [0.25, 0.3) is 0 Å². The summed E-state index contributed by atoms with van der Waals surface area (Å²) < 4.78 is 5.18. The first-order valence-electron chi connectivity index (χ1n) is 17.5. The van der Waals surface area contributed by atoms with Crippen molar-refractivity contribution in [2.75, 3.05) is 25.5 Å². The number of ether oxygens (including phenoxy) is 1. The predicted molar refractivity (Wildman–Crippen MR) is 198 cm³/mol. The average molecular weight is 693 g/mol. The van der Waals surface area contributed by atoms with Crippen LogP contribution < -0.4 is 10.6 Å². The number of rotatable bonds is 28. The van der Waals surface area contributed by atoms with Gasteiger partial charge in [-0.1, -0.05) is 95.7 Å². The number of unbranched alkanes of at least 4 members (excludes halogenated alkanes) is 3. The molecule has 0 radical (unpaired) electrons. The van der Waals surface area contributed by atoms with Crippen molar-refractivity contribution >= 4 is 39.4 Å². The van der Waals surface area contributed by atoms with E-state index in [1.807, 2.05) is 21.6 Å². The molecule has 2 atom stereocenters. The quantitative estimate of drug-likeness (QED) is 0.0292. The summed E-state index contributed by atoms with van der Waals surface area (Å²) in [6.45, 7) is 1.64. The molecule has 266 valence electrons. The van der Waals surface area contributed by atoms with E-state index in [0.717, 1.165) is 56.6 Å². The SMILES string of the molecule is CC/C=C\C/C=C\C/C=C\C/C=C\C/C=C\CCCC(=O)N[C@@H](CCCCNC(=O)CCCCC1CCSS1)C(=O)OC(CO)CO. The molecule has 0 spiro atoms. The van der Waals surface area contributed by atoms with Crippen molar-refractivity contribution in [1.29, 1.82) is 0 Å². The second kappa shape index (κ2) is 31.0. The molecule has 4 N–H and O–H groups in total. The van der Waals surface area contributed by atoms with Gasteiger partial charge in [-0.2, -0.15) is 0 Å². The Morgan fingerprint density at radius 1 is 0.787 bits per heavy atom. The molecule has 47 heavy (non-hydrogen) atoms. The van der Waals surface area contributed by atoms with Crippen LogP contribution in [0, 0.1) is 0 Å². The van der Waals surface area contributed by atoms with Crippen molar-refractivity contribution in [3.05, 3.63) is 60.8 Å². The minimum Gasteiger partial charge on any atom is -0.456 e. The van der Waals surface area contributed by atoms with Crippen LogP contribution in [0.1, 0.15) is 110 Å². The van der Waals surface area contributed by atoms with E-state index >= 15 is 0 Å². The average Bonchev–Trinajstić information content (AvgIpc) is 3.60. The van der Waals surface area contributed by atoms with Gasteiger partial charge in [0.1, 0.15) is 12.1 Å². The molecule has 0 aliphatic carbocycles. The summed E-state index contributed by atoms with van der Waals surface area (Å²) in [5, 5.41) is 25.0. The Bertz CT molecular complexity index is 972. The Morgan fingerprint density at radius 2 is 1.40 bits per heavy atom. The van der Waals surface area contributed by atoms with E-state index in [1.54, 1.807) is 0 Å². The number of aliphatic hydroxyl groups excluding tert-OH is 2. The van der Waals surface area contributed by atoms with E-state index in [9.17, 15) is 24.6 Å². The molecule has 1 heterocycles. The maximum Gasteiger partial charge on any atom is 0.329 e. The molecule has 0 bridgehead atoms. The van der Waals surface area contributed by atoms with Crippen LogP contribution in [0.25, 0.3) is 0 Å². The van der Waals surface area contributed by atoms with E-state index < -0.39 is 31.3 Å². The van der Waals surface area contributed by atoms with Crippen molar-refractivity contribution in [1.82, 2.24) is 10.6 Å². The molecule has 10 heteroatoms. The molecular formula is C37H60N2O6S2. The molecule has 1 aliphatic heterocycles. The first-order chi connectivity index (χ1) is 23.0. The molecule has 1 aliphatic rings. The number of allylic oxidation sites excluding steroid dienone is 10. The van der Waals surface area contributed by atoms with Gasteiger partial charge in [-0.05, 0) is 83.5 Å². The third-order valence-electron chi connectivity index (χ3n) is 7.39. The largest absolute Gasteiger partial charge is 0.456 e. The summed E-state index contributed by atoms with van der Waals surface area (Å²) >= 11 is 0. The van der Waals surface area contributed by atoms with Crippen LogP contribution in [-0.2, 0) is 19.1 Å². The maximum atomic E-state index is 12.7. The lowest BCUT2D eigenvalue weighted by molar-refractivity contribution is -0.157. The number of hydrogen-bond acceptors (Lipinski definition) is 8. The Labute approximate surface area is 291 Å². The number of hydrogen-bond donors (Lipinski definition) is 4. The van der Waals surface area contributed by atoms with Crippen LogP contribution >= 0.6 is 21.6 Å². The van der Waals surface area contributed by atoms with E-state index in [1.165, 1.54) is 18.6 Å². The molecule has 0 aromatic heterocycles. The highest BCUT2D eigenvalue weighted by molar-refractivity contribution is 8.77. The Morgan fingerprint density at radius 3 is 2.00 bits per heavy atom. The fourth-order valence-corrected chi connectivity index (χ4v) is 7.68. The van der Waals surface area contributed by atoms with Crippen LogP contribution in [0.5, 0.6) is 0 Å². The highest BCUT2D eigenvalue weighted by Crippen LogP contribution is 2.39. The monoisotopic (exact) mass is 692 g/mol. The van der Waals surface area contributed by atoms with E-state index in [0.29, 0.717) is 38.6 Å². The first-order valence-corrected chi connectivity index (χ1v) is 19.9. The predicted octanol–water partition coefficient (Wildman–Crippen LogP) is 7.29. The summed E-state index contributed by atoms with van der Waals surface area (Å²) in [6.07, 6.45) is 33.4. The molecule has 1 unspecified atom stereocenters. The normalized spacial score (nSPS) is 16.0. The van der Waals surface area contributed by atoms with Crippen LogP contribution in [0.15, 0.2) is 60.8 Å². The van der Waals surface area contributed by atoms with Crippen LogP contribution in [0.4, 0.5) is 0 Å². The molecule has 0 aromatic carbocycles. The van der Waals surface area contributed by atoms with E-state index in [4.69, 9.17) is 4.74 Å². The smallest absolute Gasteiger partial charge is 0.329 e. The summed E-state index contributed by atoms with van der Waals surface area (Å²) in [4.78, 5) is 37.5.